The number of ether oxygens (including phenoxy) is 1. The van der Waals surface area contributed by atoms with E-state index in [0.29, 0.717) is 23.7 Å². The van der Waals surface area contributed by atoms with Gasteiger partial charge in [-0.3, -0.25) is 9.78 Å². The van der Waals surface area contributed by atoms with Crippen molar-refractivity contribution in [1.82, 2.24) is 9.97 Å². The first-order chi connectivity index (χ1) is 13.2. The van der Waals surface area contributed by atoms with E-state index in [4.69, 9.17) is 4.74 Å². The summed E-state index contributed by atoms with van der Waals surface area (Å²) in [5.74, 6) is 1.07. The Bertz CT molecular complexity index is 820. The molecule has 1 N–H and O–H groups in total. The van der Waals surface area contributed by atoms with E-state index in [1.165, 1.54) is 0 Å². The Balaban J connectivity index is 2.47. The Morgan fingerprint density at radius 3 is 2.54 bits per heavy atom. The number of carbonyl (C=O) groups is 2. The van der Waals surface area contributed by atoms with E-state index in [-0.39, 0.29) is 6.04 Å². The molecule has 0 spiro atoms. The highest BCUT2D eigenvalue weighted by Gasteiger charge is 2.28. The number of aromatic nitrogens is 2. The van der Waals surface area contributed by atoms with E-state index in [0.717, 1.165) is 10.5 Å². The molecule has 8 heteroatoms. The number of anilines is 3. The van der Waals surface area contributed by atoms with Crippen LogP contribution in [0.15, 0.2) is 36.7 Å². The summed E-state index contributed by atoms with van der Waals surface area (Å²) < 4.78 is 5.37. The maximum atomic E-state index is 12.6. The minimum atomic E-state index is -0.759. The molecule has 0 radical (unpaired) electrons. The van der Waals surface area contributed by atoms with Crippen molar-refractivity contribution in [2.45, 2.75) is 39.3 Å². The van der Waals surface area contributed by atoms with Crippen LogP contribution in [0.2, 0.25) is 0 Å². The van der Waals surface area contributed by atoms with Gasteiger partial charge in [0.2, 0.25) is 6.41 Å². The molecule has 2 aromatic rings. The monoisotopic (exact) mass is 385 g/mol. The van der Waals surface area contributed by atoms with Crippen LogP contribution < -0.4 is 15.1 Å². The van der Waals surface area contributed by atoms with Crippen molar-refractivity contribution < 1.29 is 14.3 Å². The van der Waals surface area contributed by atoms with E-state index in [2.05, 4.69) is 15.3 Å². The molecule has 150 valence electrons. The number of rotatable bonds is 6. The summed E-state index contributed by atoms with van der Waals surface area (Å²) in [6, 6.07) is 7.08. The number of nitrogens with zero attached hydrogens (tertiary/aromatic N) is 4. The van der Waals surface area contributed by atoms with Gasteiger partial charge in [-0.1, -0.05) is 6.07 Å². The Morgan fingerprint density at radius 2 is 2.00 bits per heavy atom. The molecular weight excluding hydrogens is 358 g/mol. The van der Waals surface area contributed by atoms with Crippen molar-refractivity contribution in [3.63, 3.8) is 0 Å². The molecule has 0 saturated heterocycles. The topological polar surface area (TPSA) is 87.7 Å². The van der Waals surface area contributed by atoms with Crippen LogP contribution in [0.3, 0.4) is 0 Å². The summed E-state index contributed by atoms with van der Waals surface area (Å²) in [6.07, 6.45) is 3.16. The molecule has 0 saturated carbocycles. The predicted octanol–water partition coefficient (Wildman–Crippen LogP) is 3.61. The van der Waals surface area contributed by atoms with Crippen LogP contribution in [0.5, 0.6) is 0 Å². The summed E-state index contributed by atoms with van der Waals surface area (Å²) in [7, 11) is 3.60. The molecule has 0 aliphatic carbocycles. The summed E-state index contributed by atoms with van der Waals surface area (Å²) in [6.45, 7) is 7.22. The van der Waals surface area contributed by atoms with Crippen molar-refractivity contribution in [2.24, 2.45) is 0 Å². The summed E-state index contributed by atoms with van der Waals surface area (Å²) in [5, 5.41) is 2.98. The number of amides is 2. The fraction of sp³-hybridized carbons (Fsp3) is 0.400. The minimum Gasteiger partial charge on any atom is -0.443 e. The third kappa shape index (κ3) is 4.97. The lowest BCUT2D eigenvalue weighted by Crippen LogP contribution is -2.37. The standard InChI is InChI=1S/C20H27N5O3/c1-14(15-8-7-11-22-12-15)24(6)18-16(9-10-17(21-5)23-18)25(13-26)19(27)28-20(2,3)4/h7-14H,1-6H3,(H,21,23). The van der Waals surface area contributed by atoms with Crippen molar-refractivity contribution in [3.8, 4) is 0 Å². The number of hydrogen-bond donors (Lipinski definition) is 1. The lowest BCUT2D eigenvalue weighted by molar-refractivity contribution is -0.107. The van der Waals surface area contributed by atoms with Crippen LogP contribution in [-0.4, -0.2) is 42.2 Å². The second kappa shape index (κ2) is 8.69. The van der Waals surface area contributed by atoms with Gasteiger partial charge in [0.25, 0.3) is 0 Å². The number of hydrogen-bond acceptors (Lipinski definition) is 7. The van der Waals surface area contributed by atoms with Gasteiger partial charge in [0.15, 0.2) is 5.82 Å². The van der Waals surface area contributed by atoms with Crippen LogP contribution in [-0.2, 0) is 9.53 Å². The first kappa shape index (κ1) is 21.1. The van der Waals surface area contributed by atoms with E-state index in [1.807, 2.05) is 31.0 Å². The molecule has 0 fully saturated rings. The second-order valence-electron chi connectivity index (χ2n) is 7.32. The molecule has 0 bridgehead atoms. The molecule has 1 atom stereocenters. The third-order valence-corrected chi connectivity index (χ3v) is 4.15. The number of nitrogens with one attached hydrogen (secondary N) is 1. The van der Waals surface area contributed by atoms with Gasteiger partial charge in [-0.05, 0) is 51.5 Å². The number of carbonyl (C=O) groups excluding carboxylic acids is 2. The normalized spacial score (nSPS) is 12.1. The van der Waals surface area contributed by atoms with E-state index in [1.54, 1.807) is 52.3 Å². The van der Waals surface area contributed by atoms with Crippen molar-refractivity contribution in [1.29, 1.82) is 0 Å². The van der Waals surface area contributed by atoms with Crippen LogP contribution in [0, 0.1) is 0 Å². The summed E-state index contributed by atoms with van der Waals surface area (Å²) >= 11 is 0. The zero-order chi connectivity index (χ0) is 20.9. The quantitative estimate of drug-likeness (QED) is 0.760. The van der Waals surface area contributed by atoms with Gasteiger partial charge in [0.1, 0.15) is 11.4 Å². The molecule has 2 amide bonds. The minimum absolute atomic E-state index is 0.0980. The largest absolute Gasteiger partial charge is 0.443 e. The highest BCUT2D eigenvalue weighted by atomic mass is 16.6. The zero-order valence-electron chi connectivity index (χ0n) is 17.1. The van der Waals surface area contributed by atoms with Gasteiger partial charge in [0.05, 0.1) is 11.7 Å². The van der Waals surface area contributed by atoms with E-state index in [9.17, 15) is 9.59 Å². The first-order valence-electron chi connectivity index (χ1n) is 8.97. The maximum absolute atomic E-state index is 12.6. The van der Waals surface area contributed by atoms with Crippen LogP contribution in [0.1, 0.15) is 39.3 Å². The van der Waals surface area contributed by atoms with E-state index < -0.39 is 11.7 Å². The molecular formula is C20H27N5O3. The number of pyridine rings is 2. The van der Waals surface area contributed by atoms with Gasteiger partial charge in [0, 0.05) is 26.5 Å². The van der Waals surface area contributed by atoms with Gasteiger partial charge in [-0.25, -0.2) is 14.7 Å². The lowest BCUT2D eigenvalue weighted by Gasteiger charge is -2.31. The highest BCUT2D eigenvalue weighted by Crippen LogP contribution is 2.33. The van der Waals surface area contributed by atoms with Gasteiger partial charge >= 0.3 is 6.09 Å². The summed E-state index contributed by atoms with van der Waals surface area (Å²) in [4.78, 5) is 35.9. The molecule has 2 heterocycles. The van der Waals surface area contributed by atoms with Crippen LogP contribution >= 0.6 is 0 Å². The average molecular weight is 385 g/mol. The predicted molar refractivity (Wildman–Crippen MR) is 110 cm³/mol. The van der Waals surface area contributed by atoms with Crippen molar-refractivity contribution in [3.05, 3.63) is 42.2 Å². The zero-order valence-corrected chi connectivity index (χ0v) is 17.1. The smallest absolute Gasteiger partial charge is 0.421 e. The molecule has 2 aromatic heterocycles. The molecule has 0 aromatic carbocycles. The van der Waals surface area contributed by atoms with Gasteiger partial charge in [-0.15, -0.1) is 0 Å². The Morgan fingerprint density at radius 1 is 1.29 bits per heavy atom. The Labute approximate surface area is 165 Å². The molecule has 0 aliphatic heterocycles. The van der Waals surface area contributed by atoms with Crippen molar-refractivity contribution >= 4 is 29.8 Å². The van der Waals surface area contributed by atoms with Crippen LogP contribution in [0.4, 0.5) is 22.1 Å². The fourth-order valence-corrected chi connectivity index (χ4v) is 2.57. The van der Waals surface area contributed by atoms with Gasteiger partial charge in [-0.2, -0.15) is 0 Å². The fourth-order valence-electron chi connectivity index (χ4n) is 2.57. The van der Waals surface area contributed by atoms with Crippen LogP contribution in [0.25, 0.3) is 0 Å². The Hall–Kier alpha value is -3.16. The first-order valence-corrected chi connectivity index (χ1v) is 8.97. The van der Waals surface area contributed by atoms with Crippen molar-refractivity contribution in [2.75, 3.05) is 29.2 Å². The third-order valence-electron chi connectivity index (χ3n) is 4.15. The SMILES string of the molecule is CNc1ccc(N(C=O)C(=O)OC(C)(C)C)c(N(C)C(C)c2cccnc2)n1. The van der Waals surface area contributed by atoms with Gasteiger partial charge < -0.3 is 15.0 Å². The molecule has 0 aliphatic rings. The summed E-state index contributed by atoms with van der Waals surface area (Å²) in [5.41, 5.74) is 0.579. The number of imide groups is 1. The van der Waals surface area contributed by atoms with E-state index >= 15 is 0 Å². The second-order valence-corrected chi connectivity index (χ2v) is 7.32. The molecule has 8 nitrogen and oxygen atoms in total. The Kier molecular flexibility index (Phi) is 6.56. The average Bonchev–Trinajstić information content (AvgIpc) is 2.67. The maximum Gasteiger partial charge on any atom is 0.421 e. The molecule has 28 heavy (non-hydrogen) atoms. The highest BCUT2D eigenvalue weighted by molar-refractivity contribution is 6.05. The molecule has 2 rings (SSSR count). The lowest BCUT2D eigenvalue weighted by atomic mass is 10.1. The molecule has 1 unspecified atom stereocenters.